The summed E-state index contributed by atoms with van der Waals surface area (Å²) in [5.74, 6) is 0.638. The van der Waals surface area contributed by atoms with Crippen molar-refractivity contribution in [3.63, 3.8) is 0 Å². The van der Waals surface area contributed by atoms with E-state index in [9.17, 15) is 14.9 Å². The first-order valence-corrected chi connectivity index (χ1v) is 11.6. The average molecular weight is 427 g/mol. The van der Waals surface area contributed by atoms with Crippen LogP contribution in [0, 0.1) is 23.2 Å². The van der Waals surface area contributed by atoms with Crippen LogP contribution in [-0.4, -0.2) is 42.5 Å². The number of benzene rings is 1. The molecule has 6 heteroatoms. The Morgan fingerprint density at radius 2 is 1.87 bits per heavy atom. The molecule has 0 aromatic heterocycles. The molecule has 0 spiro atoms. The highest BCUT2D eigenvalue weighted by Gasteiger charge is 2.36. The minimum absolute atomic E-state index is 0.0549. The third-order valence-corrected chi connectivity index (χ3v) is 6.34. The maximum absolute atomic E-state index is 12.7. The summed E-state index contributed by atoms with van der Waals surface area (Å²) in [5, 5.41) is 15.9. The van der Waals surface area contributed by atoms with Crippen LogP contribution in [0.4, 0.5) is 4.79 Å². The minimum atomic E-state index is -0.571. The molecule has 170 valence electrons. The maximum Gasteiger partial charge on any atom is 0.318 e. The van der Waals surface area contributed by atoms with E-state index in [1.54, 1.807) is 4.90 Å². The van der Waals surface area contributed by atoms with Crippen molar-refractivity contribution in [1.82, 2.24) is 15.5 Å². The number of nitriles is 1. The second-order valence-corrected chi connectivity index (χ2v) is 9.26. The first kappa shape index (κ1) is 24.7. The second kappa shape index (κ2) is 11.7. The van der Waals surface area contributed by atoms with Crippen molar-refractivity contribution < 1.29 is 9.59 Å². The number of carbonyl (C=O) groups excluding carboxylic acids is 2. The third kappa shape index (κ3) is 6.46. The van der Waals surface area contributed by atoms with Crippen molar-refractivity contribution >= 4 is 11.9 Å². The Kier molecular flexibility index (Phi) is 9.36. The summed E-state index contributed by atoms with van der Waals surface area (Å²) < 4.78 is 0. The standard InChI is InChI=1S/C25H38N4O2/c1-19(2)13-16-27-23(30)22-12-8-17-29(22)24(31)28-15-9-14-25(18-26,20(3)4)21-10-6-5-7-11-21/h5-7,10-11,19-20,22H,8-9,12-17H2,1-4H3,(H,27,30)(H,28,31)/t22-,25?/m0/s1. The van der Waals surface area contributed by atoms with Crippen molar-refractivity contribution in [3.05, 3.63) is 35.9 Å². The first-order valence-electron chi connectivity index (χ1n) is 11.6. The van der Waals surface area contributed by atoms with Gasteiger partial charge in [0.15, 0.2) is 0 Å². The van der Waals surface area contributed by atoms with Gasteiger partial charge in [-0.15, -0.1) is 0 Å². The zero-order valence-electron chi connectivity index (χ0n) is 19.5. The van der Waals surface area contributed by atoms with E-state index in [1.165, 1.54) is 0 Å². The van der Waals surface area contributed by atoms with Crippen LogP contribution in [0.1, 0.15) is 65.4 Å². The van der Waals surface area contributed by atoms with E-state index < -0.39 is 5.41 Å². The summed E-state index contributed by atoms with van der Waals surface area (Å²) in [6, 6.07) is 11.9. The van der Waals surface area contributed by atoms with Gasteiger partial charge in [0.2, 0.25) is 5.91 Å². The number of rotatable bonds is 10. The van der Waals surface area contributed by atoms with Gasteiger partial charge in [0, 0.05) is 19.6 Å². The molecule has 1 aliphatic rings. The Labute approximate surface area is 187 Å². The second-order valence-electron chi connectivity index (χ2n) is 9.26. The summed E-state index contributed by atoms with van der Waals surface area (Å²) >= 11 is 0. The Morgan fingerprint density at radius 3 is 2.48 bits per heavy atom. The summed E-state index contributed by atoms with van der Waals surface area (Å²) in [6.45, 7) is 10.1. The number of nitrogens with one attached hydrogen (secondary N) is 2. The van der Waals surface area contributed by atoms with Crippen LogP contribution >= 0.6 is 0 Å². The lowest BCUT2D eigenvalue weighted by atomic mass is 9.70. The van der Waals surface area contributed by atoms with Gasteiger partial charge in [0.25, 0.3) is 0 Å². The number of hydrogen-bond donors (Lipinski definition) is 2. The summed E-state index contributed by atoms with van der Waals surface area (Å²) in [7, 11) is 0. The van der Waals surface area contributed by atoms with Crippen LogP contribution in [0.25, 0.3) is 0 Å². The molecule has 2 atom stereocenters. The molecule has 3 amide bonds. The first-order chi connectivity index (χ1) is 14.8. The number of likely N-dealkylation sites (tertiary alicyclic amines) is 1. The average Bonchev–Trinajstić information content (AvgIpc) is 3.24. The quantitative estimate of drug-likeness (QED) is 0.549. The fourth-order valence-electron chi connectivity index (χ4n) is 4.30. The number of urea groups is 1. The number of carbonyl (C=O) groups is 2. The molecule has 6 nitrogen and oxygen atoms in total. The van der Waals surface area contributed by atoms with Crippen LogP contribution in [-0.2, 0) is 10.2 Å². The lowest BCUT2D eigenvalue weighted by Gasteiger charge is -2.31. The molecule has 1 aliphatic heterocycles. The van der Waals surface area contributed by atoms with E-state index in [0.717, 1.165) is 18.4 Å². The molecule has 0 radical (unpaired) electrons. The van der Waals surface area contributed by atoms with Gasteiger partial charge in [-0.3, -0.25) is 4.79 Å². The maximum atomic E-state index is 12.7. The van der Waals surface area contributed by atoms with Crippen LogP contribution in [0.3, 0.4) is 0 Å². The Morgan fingerprint density at radius 1 is 1.16 bits per heavy atom. The highest BCUT2D eigenvalue weighted by atomic mass is 16.2. The lowest BCUT2D eigenvalue weighted by Crippen LogP contribution is -2.50. The van der Waals surface area contributed by atoms with Gasteiger partial charge >= 0.3 is 6.03 Å². The lowest BCUT2D eigenvalue weighted by molar-refractivity contribution is -0.124. The fourth-order valence-corrected chi connectivity index (χ4v) is 4.30. The number of amides is 3. The summed E-state index contributed by atoms with van der Waals surface area (Å²) in [4.78, 5) is 26.9. The monoisotopic (exact) mass is 426 g/mol. The predicted molar refractivity (Wildman–Crippen MR) is 123 cm³/mol. The van der Waals surface area contributed by atoms with Crippen LogP contribution in [0.15, 0.2) is 30.3 Å². The topological polar surface area (TPSA) is 85.2 Å². The summed E-state index contributed by atoms with van der Waals surface area (Å²) in [6.07, 6.45) is 3.85. The van der Waals surface area contributed by atoms with E-state index >= 15 is 0 Å². The van der Waals surface area contributed by atoms with Crippen LogP contribution < -0.4 is 10.6 Å². The van der Waals surface area contributed by atoms with E-state index in [4.69, 9.17) is 0 Å². The molecule has 1 fully saturated rings. The zero-order valence-corrected chi connectivity index (χ0v) is 19.5. The molecule has 1 unspecified atom stereocenters. The fraction of sp³-hybridized carbons (Fsp3) is 0.640. The number of hydrogen-bond acceptors (Lipinski definition) is 3. The normalized spacial score (nSPS) is 18.0. The van der Waals surface area contributed by atoms with Crippen molar-refractivity contribution in [3.8, 4) is 6.07 Å². The highest BCUT2D eigenvalue weighted by Crippen LogP contribution is 2.36. The Bertz CT molecular complexity index is 757. The van der Waals surface area contributed by atoms with Gasteiger partial charge in [0.1, 0.15) is 6.04 Å². The van der Waals surface area contributed by atoms with Gasteiger partial charge in [-0.1, -0.05) is 58.0 Å². The molecule has 1 saturated heterocycles. The molecule has 0 bridgehead atoms. The predicted octanol–water partition coefficient (Wildman–Crippen LogP) is 4.22. The molecular formula is C25H38N4O2. The molecule has 0 saturated carbocycles. The Hall–Kier alpha value is -2.55. The van der Waals surface area contributed by atoms with Crippen molar-refractivity contribution in [2.75, 3.05) is 19.6 Å². The molecule has 1 aromatic rings. The van der Waals surface area contributed by atoms with Crippen molar-refractivity contribution in [2.24, 2.45) is 11.8 Å². The molecule has 2 N–H and O–H groups in total. The van der Waals surface area contributed by atoms with E-state index in [-0.39, 0.29) is 23.9 Å². The molecule has 0 aliphatic carbocycles. The number of nitrogens with zero attached hydrogens (tertiary/aromatic N) is 2. The van der Waals surface area contributed by atoms with E-state index in [0.29, 0.717) is 44.8 Å². The van der Waals surface area contributed by atoms with Gasteiger partial charge < -0.3 is 15.5 Å². The molecule has 31 heavy (non-hydrogen) atoms. The van der Waals surface area contributed by atoms with Crippen LogP contribution in [0.5, 0.6) is 0 Å². The van der Waals surface area contributed by atoms with Gasteiger partial charge in [-0.2, -0.15) is 5.26 Å². The van der Waals surface area contributed by atoms with Gasteiger partial charge in [-0.25, -0.2) is 4.79 Å². The van der Waals surface area contributed by atoms with E-state index in [2.05, 4.69) is 44.4 Å². The highest BCUT2D eigenvalue weighted by molar-refractivity contribution is 5.87. The van der Waals surface area contributed by atoms with Gasteiger partial charge in [-0.05, 0) is 49.5 Å². The molecular weight excluding hydrogens is 388 g/mol. The van der Waals surface area contributed by atoms with E-state index in [1.807, 2.05) is 30.3 Å². The molecule has 2 rings (SSSR count). The largest absolute Gasteiger partial charge is 0.354 e. The molecule has 1 aromatic carbocycles. The van der Waals surface area contributed by atoms with Crippen molar-refractivity contribution in [2.45, 2.75) is 71.3 Å². The summed E-state index contributed by atoms with van der Waals surface area (Å²) in [5.41, 5.74) is 0.454. The van der Waals surface area contributed by atoms with Crippen molar-refractivity contribution in [1.29, 1.82) is 5.26 Å². The van der Waals surface area contributed by atoms with Gasteiger partial charge in [0.05, 0.1) is 11.5 Å². The minimum Gasteiger partial charge on any atom is -0.354 e. The Balaban J connectivity index is 1.87. The third-order valence-electron chi connectivity index (χ3n) is 6.34. The smallest absolute Gasteiger partial charge is 0.318 e. The molecule has 1 heterocycles. The zero-order chi connectivity index (χ0) is 22.9. The SMILES string of the molecule is CC(C)CCNC(=O)[C@@H]1CCCN1C(=O)NCCCC(C#N)(c1ccccc1)C(C)C. The van der Waals surface area contributed by atoms with Crippen LogP contribution in [0.2, 0.25) is 0 Å².